The summed E-state index contributed by atoms with van der Waals surface area (Å²) >= 11 is 0. The fourth-order valence-corrected chi connectivity index (χ4v) is 0.0454. The van der Waals surface area contributed by atoms with Gasteiger partial charge in [-0.3, -0.25) is 0 Å². The average Bonchev–Trinajstić information content (AvgIpc) is 1.93. The van der Waals surface area contributed by atoms with E-state index in [-0.39, 0.29) is 105 Å². The van der Waals surface area contributed by atoms with Crippen molar-refractivity contribution in [2.75, 3.05) is 0 Å². The standard InChI is InChI=1S/2B2O3.2Na.2H2O.O/c2*3-1-5-2-4;;;;;/h;;;;2*1H2;/q;;2*+1;;;-2. The Morgan fingerprint density at radius 1 is 0.600 bits per heavy atom. The van der Waals surface area contributed by atoms with E-state index >= 15 is 0 Å². The Hall–Kier alpha value is 0.940. The Kier molecular flexibility index (Phi) is 179. The molecule has 4 N–H and O–H groups in total. The van der Waals surface area contributed by atoms with Crippen molar-refractivity contribution in [2.24, 2.45) is 0 Å². The van der Waals surface area contributed by atoms with E-state index in [0.29, 0.717) is 0 Å². The van der Waals surface area contributed by atoms with Gasteiger partial charge >= 0.3 is 116 Å². The number of hydrogen-bond acceptors (Lipinski definition) is 6. The summed E-state index contributed by atoms with van der Waals surface area (Å²) in [5.41, 5.74) is 0. The zero-order valence-electron chi connectivity index (χ0n) is 8.17. The number of rotatable bonds is 4. The van der Waals surface area contributed by atoms with E-state index in [4.69, 9.17) is 18.8 Å². The minimum absolute atomic E-state index is 0. The molecule has 9 nitrogen and oxygen atoms in total. The largest absolute Gasteiger partial charge is 2.00 e. The molecule has 0 spiro atoms. The Morgan fingerprint density at radius 2 is 0.733 bits per heavy atom. The van der Waals surface area contributed by atoms with Gasteiger partial charge in [-0.25, -0.2) is 0 Å². The van der Waals surface area contributed by atoms with E-state index in [9.17, 15) is 0 Å². The Labute approximate surface area is 132 Å². The van der Waals surface area contributed by atoms with Gasteiger partial charge in [-0.15, -0.1) is 0 Å². The molecule has 0 saturated heterocycles. The first-order chi connectivity index (χ1) is 4.83. The topological polar surface area (TPSA) is 178 Å². The molecule has 0 unspecified atom stereocenters. The molecule has 0 saturated carbocycles. The van der Waals surface area contributed by atoms with Crippen molar-refractivity contribution in [2.45, 2.75) is 0 Å². The van der Waals surface area contributed by atoms with Gasteiger partial charge in [0.25, 0.3) is 0 Å². The summed E-state index contributed by atoms with van der Waals surface area (Å²) in [5.74, 6) is 0. The molecule has 0 amide bonds. The second-order valence-corrected chi connectivity index (χ2v) is 0.657. The van der Waals surface area contributed by atoms with E-state index in [1.165, 1.54) is 0 Å². The van der Waals surface area contributed by atoms with E-state index < -0.39 is 0 Å². The maximum absolute atomic E-state index is 8.95. The molecular weight excluding hydrogens is 233 g/mol. The van der Waals surface area contributed by atoms with Crippen LogP contribution in [0.1, 0.15) is 0 Å². The molecular formula is H4B4Na2O9. The summed E-state index contributed by atoms with van der Waals surface area (Å²) in [6, 6.07) is 0. The normalized spacial score (nSPS) is 2.67. The monoisotopic (exact) mass is 238 g/mol. The van der Waals surface area contributed by atoms with Crippen LogP contribution in [0.5, 0.6) is 0 Å². The van der Waals surface area contributed by atoms with Crippen LogP contribution in [0.3, 0.4) is 0 Å². The quantitative estimate of drug-likeness (QED) is 0.438. The maximum atomic E-state index is 8.95. The van der Waals surface area contributed by atoms with Gasteiger partial charge in [-0.05, 0) is 0 Å². The maximum Gasteiger partial charge on any atom is 1.00 e. The molecule has 0 aromatic rings. The Bertz CT molecular complexity index is 92.7. The third kappa shape index (κ3) is 103. The molecule has 0 bridgehead atoms. The van der Waals surface area contributed by atoms with Crippen LogP contribution < -0.4 is 59.1 Å². The van der Waals surface area contributed by atoms with Gasteiger partial charge in [0.2, 0.25) is 0 Å². The minimum atomic E-state index is 0. The molecule has 0 rings (SSSR count). The third-order valence-corrected chi connectivity index (χ3v) is 0.222. The van der Waals surface area contributed by atoms with Crippen molar-refractivity contribution in [1.82, 2.24) is 0 Å². The molecule has 0 aromatic carbocycles. The second kappa shape index (κ2) is 60.3. The molecule has 0 radical (unpaired) electrons. The first-order valence-corrected chi connectivity index (χ1v) is 1.89. The number of hydrogen-bond donors (Lipinski definition) is 0. The predicted octanol–water partition coefficient (Wildman–Crippen LogP) is -9.90. The molecule has 72 valence electrons. The Morgan fingerprint density at radius 3 is 0.733 bits per heavy atom. The molecule has 0 aliphatic heterocycles. The van der Waals surface area contributed by atoms with Crippen LogP contribution in [0, 0.1) is 0 Å². The van der Waals surface area contributed by atoms with Gasteiger partial charge < -0.3 is 16.4 Å². The SMILES string of the molecule is O.O.O=BOB=O.O=BOB=O.[Na+].[Na+].[O-2]. The van der Waals surface area contributed by atoms with Crippen LogP contribution in [0.4, 0.5) is 0 Å². The molecule has 0 atom stereocenters. The zero-order valence-corrected chi connectivity index (χ0v) is 12.2. The summed E-state index contributed by atoms with van der Waals surface area (Å²) in [5, 5.41) is 0. The second-order valence-electron chi connectivity index (χ2n) is 0.657. The van der Waals surface area contributed by atoms with E-state index in [0.717, 1.165) is 0 Å². The Balaban J connectivity index is -0.0000000128. The van der Waals surface area contributed by atoms with Gasteiger partial charge in [0.15, 0.2) is 0 Å². The van der Waals surface area contributed by atoms with Crippen LogP contribution in [0.2, 0.25) is 0 Å². The third-order valence-electron chi connectivity index (χ3n) is 0.222. The van der Waals surface area contributed by atoms with E-state index in [1.807, 2.05) is 0 Å². The van der Waals surface area contributed by atoms with Crippen molar-refractivity contribution < 1.29 is 104 Å². The molecule has 0 heterocycles. The van der Waals surface area contributed by atoms with Gasteiger partial charge in [-0.2, -0.15) is 0 Å². The van der Waals surface area contributed by atoms with Crippen molar-refractivity contribution >= 4 is 29.4 Å². The summed E-state index contributed by atoms with van der Waals surface area (Å²) in [6.45, 7) is 0. The summed E-state index contributed by atoms with van der Waals surface area (Å²) in [7, 11) is 0.250. The summed E-state index contributed by atoms with van der Waals surface area (Å²) in [6.07, 6.45) is 0. The van der Waals surface area contributed by atoms with E-state index in [1.54, 1.807) is 0 Å². The predicted molar refractivity (Wildman–Crippen MR) is 35.8 cm³/mol. The molecule has 15 heavy (non-hydrogen) atoms. The van der Waals surface area contributed by atoms with Gasteiger partial charge in [0, 0.05) is 0 Å². The van der Waals surface area contributed by atoms with Crippen molar-refractivity contribution in [1.29, 1.82) is 0 Å². The van der Waals surface area contributed by atoms with Crippen molar-refractivity contribution in [3.63, 3.8) is 0 Å². The molecule has 0 fully saturated rings. The minimum Gasteiger partial charge on any atom is -2.00 e. The van der Waals surface area contributed by atoms with Gasteiger partial charge in [-0.1, -0.05) is 0 Å². The van der Waals surface area contributed by atoms with Crippen molar-refractivity contribution in [3.8, 4) is 0 Å². The first kappa shape index (κ1) is 44.5. The fourth-order valence-electron chi connectivity index (χ4n) is 0.0454. The fraction of sp³-hybridized carbons (Fsp3) is 0. The smallest absolute Gasteiger partial charge is 1.00 e. The summed E-state index contributed by atoms with van der Waals surface area (Å²) in [4.78, 5) is 0. The van der Waals surface area contributed by atoms with Crippen LogP contribution in [-0.4, -0.2) is 40.4 Å². The van der Waals surface area contributed by atoms with Crippen LogP contribution >= 0.6 is 0 Å². The van der Waals surface area contributed by atoms with Gasteiger partial charge in [0.05, 0.1) is 0 Å². The molecule has 15 heteroatoms. The average molecular weight is 237 g/mol. The molecule has 0 aliphatic carbocycles. The first-order valence-electron chi connectivity index (χ1n) is 1.89. The molecule has 0 aromatic heterocycles. The van der Waals surface area contributed by atoms with Crippen LogP contribution in [0.25, 0.3) is 0 Å². The van der Waals surface area contributed by atoms with Gasteiger partial charge in [0.1, 0.15) is 0 Å². The van der Waals surface area contributed by atoms with Crippen LogP contribution in [0.15, 0.2) is 0 Å². The zero-order chi connectivity index (χ0) is 8.24. The van der Waals surface area contributed by atoms with Crippen LogP contribution in [-0.2, 0) is 33.4 Å². The molecule has 0 aliphatic rings. The van der Waals surface area contributed by atoms with Crippen molar-refractivity contribution in [3.05, 3.63) is 0 Å². The summed E-state index contributed by atoms with van der Waals surface area (Å²) < 4.78 is 42.8. The van der Waals surface area contributed by atoms with E-state index in [2.05, 4.69) is 9.14 Å².